The van der Waals surface area contributed by atoms with Gasteiger partial charge in [0.25, 0.3) is 5.56 Å². The lowest BCUT2D eigenvalue weighted by atomic mass is 10.1. The van der Waals surface area contributed by atoms with Crippen molar-refractivity contribution in [3.63, 3.8) is 0 Å². The van der Waals surface area contributed by atoms with Crippen LogP contribution in [0.25, 0.3) is 11.2 Å². The molecule has 0 bridgehead atoms. The van der Waals surface area contributed by atoms with Crippen LogP contribution in [0.1, 0.15) is 27.0 Å². The molecule has 0 saturated carbocycles. The molecule has 2 aromatic heterocycles. The smallest absolute Gasteiger partial charge is 0.387 e. The Kier molecular flexibility index (Phi) is 10.8. The number of aromatic nitrogens is 4. The molecule has 0 aromatic carbocycles. The SMILES string of the molecule is CCN(CC)CC.O=c1[nH]cnc2c1nc(I)n2[C@@H]1O[C@H](COP(=O)(O)N2CCOCC2)[C@@H](O)[C@H]1O. The summed E-state index contributed by atoms with van der Waals surface area (Å²) in [6.07, 6.45) is -3.77. The van der Waals surface area contributed by atoms with Crippen LogP contribution in [-0.2, 0) is 18.6 Å². The van der Waals surface area contributed by atoms with Gasteiger partial charge in [-0.05, 0) is 19.6 Å². The van der Waals surface area contributed by atoms with Gasteiger partial charge in [-0.15, -0.1) is 0 Å². The van der Waals surface area contributed by atoms with E-state index in [1.54, 1.807) is 0 Å². The van der Waals surface area contributed by atoms with Gasteiger partial charge >= 0.3 is 7.75 Å². The Morgan fingerprint density at radius 3 is 2.44 bits per heavy atom. The van der Waals surface area contributed by atoms with E-state index >= 15 is 0 Å². The van der Waals surface area contributed by atoms with Crippen LogP contribution in [0.3, 0.4) is 0 Å². The second-order valence-electron chi connectivity index (χ2n) is 8.17. The molecule has 2 saturated heterocycles. The third kappa shape index (κ3) is 6.70. The number of ether oxygens (including phenoxy) is 2. The Morgan fingerprint density at radius 2 is 1.86 bits per heavy atom. The van der Waals surface area contributed by atoms with Crippen molar-refractivity contribution >= 4 is 41.5 Å². The average Bonchev–Trinajstić information content (AvgIpc) is 3.36. The van der Waals surface area contributed by atoms with Crippen LogP contribution < -0.4 is 5.56 Å². The monoisotopic (exact) mass is 644 g/mol. The van der Waals surface area contributed by atoms with Crippen molar-refractivity contribution in [2.24, 2.45) is 0 Å². The molecule has 0 amide bonds. The molecule has 0 spiro atoms. The average molecular weight is 644 g/mol. The van der Waals surface area contributed by atoms with Crippen molar-refractivity contribution in [2.75, 3.05) is 52.5 Å². The van der Waals surface area contributed by atoms with E-state index in [0.29, 0.717) is 17.0 Å². The first-order chi connectivity index (χ1) is 17.1. The van der Waals surface area contributed by atoms with Crippen molar-refractivity contribution in [1.82, 2.24) is 29.1 Å². The molecule has 4 heterocycles. The summed E-state index contributed by atoms with van der Waals surface area (Å²) in [6.45, 7) is 10.8. The van der Waals surface area contributed by atoms with E-state index in [1.165, 1.54) is 35.2 Å². The predicted octanol–water partition coefficient (Wildman–Crippen LogP) is 0.141. The number of aliphatic hydroxyl groups is 2. The van der Waals surface area contributed by atoms with Gasteiger partial charge in [0.15, 0.2) is 21.2 Å². The number of fused-ring (bicyclic) bond motifs is 1. The normalized spacial score (nSPS) is 26.7. The van der Waals surface area contributed by atoms with E-state index in [4.69, 9.17) is 14.0 Å². The maximum Gasteiger partial charge on any atom is 0.405 e. The summed E-state index contributed by atoms with van der Waals surface area (Å²) < 4.78 is 31.4. The van der Waals surface area contributed by atoms with Crippen molar-refractivity contribution < 1.29 is 33.7 Å². The first kappa shape index (κ1) is 29.5. The topological polar surface area (TPSA) is 175 Å². The molecule has 0 aliphatic carbocycles. The first-order valence-corrected chi connectivity index (χ1v) is 14.4. The molecule has 204 valence electrons. The highest BCUT2D eigenvalue weighted by Crippen LogP contribution is 2.47. The molecular weight excluding hydrogens is 610 g/mol. The Bertz CT molecular complexity index is 1090. The zero-order valence-corrected chi connectivity index (χ0v) is 23.5. The predicted molar refractivity (Wildman–Crippen MR) is 138 cm³/mol. The Hall–Kier alpha value is -1.01. The standard InChI is InChI=1S/C14H19IN5O8P.C6H15N/c15-14-18-8-11(16-6-17-12(8)23)20(14)13-10(22)9(21)7(28-13)5-27-29(24,25)19-1-3-26-4-2-19;1-4-7(5-2)6-3/h6-7,9-10,13,21-22H,1-5H2,(H,24,25)(H,16,17,23);4-6H2,1-3H3/t7-,9-,10-,13-;/m1./s1. The molecule has 2 aliphatic heterocycles. The minimum Gasteiger partial charge on any atom is -0.387 e. The third-order valence-electron chi connectivity index (χ3n) is 6.13. The van der Waals surface area contributed by atoms with E-state index in [0.717, 1.165) is 0 Å². The number of rotatable bonds is 8. The third-order valence-corrected chi connectivity index (χ3v) is 8.49. The van der Waals surface area contributed by atoms with Crippen molar-refractivity contribution in [3.05, 3.63) is 20.5 Å². The molecule has 36 heavy (non-hydrogen) atoms. The summed E-state index contributed by atoms with van der Waals surface area (Å²) >= 11 is 1.86. The Balaban J connectivity index is 0.000000454. The zero-order chi connectivity index (χ0) is 26.5. The quantitative estimate of drug-likeness (QED) is 0.174. The van der Waals surface area contributed by atoms with Crippen LogP contribution >= 0.6 is 30.3 Å². The highest BCUT2D eigenvalue weighted by Gasteiger charge is 2.46. The fraction of sp³-hybridized carbons (Fsp3) is 0.750. The van der Waals surface area contributed by atoms with Crippen LogP contribution in [0.2, 0.25) is 0 Å². The van der Waals surface area contributed by atoms with Crippen molar-refractivity contribution in [1.29, 1.82) is 0 Å². The van der Waals surface area contributed by atoms with Crippen LogP contribution in [0, 0.1) is 3.83 Å². The largest absolute Gasteiger partial charge is 0.405 e. The van der Waals surface area contributed by atoms with Crippen LogP contribution in [0.15, 0.2) is 11.1 Å². The lowest BCUT2D eigenvalue weighted by Crippen LogP contribution is -2.36. The summed E-state index contributed by atoms with van der Waals surface area (Å²) in [7, 11) is -4.10. The zero-order valence-electron chi connectivity index (χ0n) is 20.5. The number of halogens is 1. The number of aromatic amines is 1. The molecular formula is C20H34IN6O8P. The van der Waals surface area contributed by atoms with Gasteiger partial charge in [0.05, 0.1) is 26.1 Å². The summed E-state index contributed by atoms with van der Waals surface area (Å²) in [4.78, 5) is 35.1. The van der Waals surface area contributed by atoms with E-state index in [9.17, 15) is 24.5 Å². The number of aliphatic hydroxyl groups excluding tert-OH is 2. The number of nitrogens with zero attached hydrogens (tertiary/aromatic N) is 5. The number of hydrogen-bond donors (Lipinski definition) is 4. The van der Waals surface area contributed by atoms with E-state index < -0.39 is 44.5 Å². The van der Waals surface area contributed by atoms with Crippen LogP contribution in [-0.4, -0.2) is 115 Å². The van der Waals surface area contributed by atoms with Gasteiger partial charge in [-0.2, -0.15) is 0 Å². The van der Waals surface area contributed by atoms with Gasteiger partial charge < -0.3 is 34.5 Å². The fourth-order valence-electron chi connectivity index (χ4n) is 3.93. The summed E-state index contributed by atoms with van der Waals surface area (Å²) in [5, 5.41) is 20.8. The number of H-pyrrole nitrogens is 1. The molecule has 4 N–H and O–H groups in total. The summed E-state index contributed by atoms with van der Waals surface area (Å²) in [6, 6.07) is 0. The molecule has 2 aliphatic rings. The van der Waals surface area contributed by atoms with E-state index in [-0.39, 0.29) is 24.3 Å². The van der Waals surface area contributed by atoms with Crippen LogP contribution in [0.5, 0.6) is 0 Å². The minimum absolute atomic E-state index is 0.0640. The molecule has 2 aromatic rings. The molecule has 1 unspecified atom stereocenters. The van der Waals surface area contributed by atoms with Gasteiger partial charge in [-0.25, -0.2) is 19.2 Å². The molecule has 16 heteroatoms. The van der Waals surface area contributed by atoms with Gasteiger partial charge in [-0.3, -0.25) is 13.9 Å². The minimum atomic E-state index is -4.10. The lowest BCUT2D eigenvalue weighted by Gasteiger charge is -2.30. The maximum atomic E-state index is 12.4. The summed E-state index contributed by atoms with van der Waals surface area (Å²) in [5.74, 6) is 0. The number of morpholine rings is 1. The second kappa shape index (κ2) is 13.2. The Labute approximate surface area is 222 Å². The summed E-state index contributed by atoms with van der Waals surface area (Å²) in [5.41, 5.74) is -0.211. The first-order valence-electron chi connectivity index (χ1n) is 11.8. The molecule has 5 atom stereocenters. The fourth-order valence-corrected chi connectivity index (χ4v) is 5.85. The maximum absolute atomic E-state index is 12.4. The molecule has 0 radical (unpaired) electrons. The van der Waals surface area contributed by atoms with Crippen molar-refractivity contribution in [3.8, 4) is 0 Å². The molecule has 2 fully saturated rings. The second-order valence-corrected chi connectivity index (χ2v) is 10.9. The van der Waals surface area contributed by atoms with Gasteiger partial charge in [0.2, 0.25) is 0 Å². The van der Waals surface area contributed by atoms with Crippen molar-refractivity contribution in [2.45, 2.75) is 45.3 Å². The van der Waals surface area contributed by atoms with E-state index in [1.807, 2.05) is 22.6 Å². The molecule has 14 nitrogen and oxygen atoms in total. The number of nitrogens with one attached hydrogen (secondary N) is 1. The van der Waals surface area contributed by atoms with Gasteiger partial charge in [0.1, 0.15) is 18.3 Å². The highest BCUT2D eigenvalue weighted by molar-refractivity contribution is 14.1. The number of hydrogen-bond acceptors (Lipinski definition) is 10. The lowest BCUT2D eigenvalue weighted by molar-refractivity contribution is -0.0518. The Morgan fingerprint density at radius 1 is 1.22 bits per heavy atom. The highest BCUT2D eigenvalue weighted by atomic mass is 127. The molecule has 4 rings (SSSR count). The van der Waals surface area contributed by atoms with Gasteiger partial charge in [0, 0.05) is 35.7 Å². The van der Waals surface area contributed by atoms with Gasteiger partial charge in [-0.1, -0.05) is 20.8 Å². The number of imidazole rings is 1. The van der Waals surface area contributed by atoms with E-state index in [2.05, 4.69) is 40.6 Å². The van der Waals surface area contributed by atoms with Crippen LogP contribution in [0.4, 0.5) is 0 Å².